The first-order valence-electron chi connectivity index (χ1n) is 7.06. The van der Waals surface area contributed by atoms with E-state index in [4.69, 9.17) is 27.9 Å². The van der Waals surface area contributed by atoms with Gasteiger partial charge in [0, 0.05) is 18.1 Å². The lowest BCUT2D eigenvalue weighted by molar-refractivity contribution is 0.102. The standard InChI is InChI=1S/C15H14Cl2N4O2/c16-10-1-2-12(11(17)9-10)18-15(22)13-3-4-14(20-19-13)21-5-7-23-8-6-21/h1-4,9H,5-8H2,(H,18,22). The normalized spacial score (nSPS) is 14.6. The van der Waals surface area contributed by atoms with Crippen LogP contribution in [0.5, 0.6) is 0 Å². The van der Waals surface area contributed by atoms with E-state index in [0.717, 1.165) is 18.9 Å². The van der Waals surface area contributed by atoms with Gasteiger partial charge in [0.15, 0.2) is 11.5 Å². The van der Waals surface area contributed by atoms with E-state index >= 15 is 0 Å². The third-order valence-corrected chi connectivity index (χ3v) is 3.95. The molecule has 3 rings (SSSR count). The van der Waals surface area contributed by atoms with Crippen LogP contribution in [-0.2, 0) is 4.74 Å². The van der Waals surface area contributed by atoms with Crippen molar-refractivity contribution in [2.24, 2.45) is 0 Å². The maximum atomic E-state index is 12.2. The van der Waals surface area contributed by atoms with Gasteiger partial charge >= 0.3 is 0 Å². The maximum absolute atomic E-state index is 12.2. The van der Waals surface area contributed by atoms with E-state index in [0.29, 0.717) is 28.9 Å². The molecule has 0 spiro atoms. The van der Waals surface area contributed by atoms with Crippen molar-refractivity contribution < 1.29 is 9.53 Å². The van der Waals surface area contributed by atoms with Crippen molar-refractivity contribution in [3.8, 4) is 0 Å². The Labute approximate surface area is 143 Å². The summed E-state index contributed by atoms with van der Waals surface area (Å²) < 4.78 is 5.29. The van der Waals surface area contributed by atoms with Gasteiger partial charge in [0.05, 0.1) is 23.9 Å². The first kappa shape index (κ1) is 16.0. The number of nitrogens with one attached hydrogen (secondary N) is 1. The number of anilines is 2. The van der Waals surface area contributed by atoms with Crippen LogP contribution in [0.2, 0.25) is 10.0 Å². The van der Waals surface area contributed by atoms with Crippen molar-refractivity contribution in [3.63, 3.8) is 0 Å². The summed E-state index contributed by atoms with van der Waals surface area (Å²) in [5.74, 6) is 0.352. The van der Waals surface area contributed by atoms with Crippen LogP contribution in [0.15, 0.2) is 30.3 Å². The molecule has 0 bridgehead atoms. The molecule has 0 unspecified atom stereocenters. The minimum Gasteiger partial charge on any atom is -0.378 e. The van der Waals surface area contributed by atoms with E-state index in [2.05, 4.69) is 20.4 Å². The molecule has 2 aromatic rings. The van der Waals surface area contributed by atoms with Crippen LogP contribution in [0.25, 0.3) is 0 Å². The number of hydrogen-bond acceptors (Lipinski definition) is 5. The lowest BCUT2D eigenvalue weighted by Crippen LogP contribution is -2.37. The fourth-order valence-electron chi connectivity index (χ4n) is 2.18. The van der Waals surface area contributed by atoms with Gasteiger partial charge in [-0.1, -0.05) is 23.2 Å². The second kappa shape index (κ2) is 7.12. The highest BCUT2D eigenvalue weighted by molar-refractivity contribution is 6.36. The number of carbonyl (C=O) groups is 1. The van der Waals surface area contributed by atoms with Crippen molar-refractivity contribution in [1.82, 2.24) is 10.2 Å². The molecule has 0 atom stereocenters. The second-order valence-electron chi connectivity index (χ2n) is 4.95. The predicted octanol–water partition coefficient (Wildman–Crippen LogP) is 2.87. The highest BCUT2D eigenvalue weighted by Crippen LogP contribution is 2.25. The molecule has 6 nitrogen and oxygen atoms in total. The van der Waals surface area contributed by atoms with Crippen LogP contribution in [0, 0.1) is 0 Å². The van der Waals surface area contributed by atoms with Gasteiger partial charge < -0.3 is 15.0 Å². The molecule has 8 heteroatoms. The van der Waals surface area contributed by atoms with Gasteiger partial charge in [0.2, 0.25) is 0 Å². The van der Waals surface area contributed by atoms with E-state index in [1.54, 1.807) is 30.3 Å². The summed E-state index contributed by atoms with van der Waals surface area (Å²) in [4.78, 5) is 14.3. The number of amides is 1. The number of hydrogen-bond donors (Lipinski definition) is 1. The van der Waals surface area contributed by atoms with Crippen LogP contribution in [0.4, 0.5) is 11.5 Å². The molecule has 1 aromatic heterocycles. The lowest BCUT2D eigenvalue weighted by Gasteiger charge is -2.27. The predicted molar refractivity (Wildman–Crippen MR) is 89.5 cm³/mol. The van der Waals surface area contributed by atoms with E-state index in [1.807, 2.05) is 0 Å². The summed E-state index contributed by atoms with van der Waals surface area (Å²) in [7, 11) is 0. The molecule has 1 saturated heterocycles. The molecule has 1 N–H and O–H groups in total. The zero-order chi connectivity index (χ0) is 16.2. The summed E-state index contributed by atoms with van der Waals surface area (Å²) in [5.41, 5.74) is 0.688. The van der Waals surface area contributed by atoms with E-state index in [1.165, 1.54) is 0 Å². The highest BCUT2D eigenvalue weighted by atomic mass is 35.5. The van der Waals surface area contributed by atoms with Crippen molar-refractivity contribution in [2.45, 2.75) is 0 Å². The maximum Gasteiger partial charge on any atom is 0.276 e. The van der Waals surface area contributed by atoms with Crippen LogP contribution < -0.4 is 10.2 Å². The largest absolute Gasteiger partial charge is 0.378 e. The first-order valence-corrected chi connectivity index (χ1v) is 7.82. The number of rotatable bonds is 3. The molecular formula is C15H14Cl2N4O2. The minimum absolute atomic E-state index is 0.216. The van der Waals surface area contributed by atoms with Crippen molar-refractivity contribution in [1.29, 1.82) is 0 Å². The molecule has 120 valence electrons. The average Bonchev–Trinajstić information content (AvgIpc) is 2.58. The molecule has 0 radical (unpaired) electrons. The van der Waals surface area contributed by atoms with Gasteiger partial charge in [-0.2, -0.15) is 0 Å². The van der Waals surface area contributed by atoms with Crippen LogP contribution in [0.1, 0.15) is 10.5 Å². The minimum atomic E-state index is -0.379. The van der Waals surface area contributed by atoms with Gasteiger partial charge in [-0.3, -0.25) is 4.79 Å². The lowest BCUT2D eigenvalue weighted by atomic mass is 10.3. The summed E-state index contributed by atoms with van der Waals surface area (Å²) in [6.45, 7) is 2.86. The Hall–Kier alpha value is -1.89. The SMILES string of the molecule is O=C(Nc1ccc(Cl)cc1Cl)c1ccc(N2CCOCC2)nn1. The third kappa shape index (κ3) is 3.90. The fraction of sp³-hybridized carbons (Fsp3) is 0.267. The number of halogens is 2. The Morgan fingerprint density at radius 2 is 1.91 bits per heavy atom. The Morgan fingerprint density at radius 3 is 2.57 bits per heavy atom. The number of ether oxygens (including phenoxy) is 1. The smallest absolute Gasteiger partial charge is 0.276 e. The number of nitrogens with zero attached hydrogens (tertiary/aromatic N) is 3. The number of benzene rings is 1. The van der Waals surface area contributed by atoms with Crippen LogP contribution in [0.3, 0.4) is 0 Å². The summed E-state index contributed by atoms with van der Waals surface area (Å²) >= 11 is 11.9. The molecule has 2 heterocycles. The molecule has 1 aliphatic rings. The summed E-state index contributed by atoms with van der Waals surface area (Å²) in [6, 6.07) is 8.26. The molecule has 1 amide bonds. The summed E-state index contributed by atoms with van der Waals surface area (Å²) in [5, 5.41) is 11.6. The molecule has 1 aliphatic heterocycles. The summed E-state index contributed by atoms with van der Waals surface area (Å²) in [6.07, 6.45) is 0. The van der Waals surface area contributed by atoms with E-state index in [9.17, 15) is 4.79 Å². The average molecular weight is 353 g/mol. The number of carbonyl (C=O) groups excluding carboxylic acids is 1. The van der Waals surface area contributed by atoms with Crippen molar-refractivity contribution in [3.05, 3.63) is 46.1 Å². The topological polar surface area (TPSA) is 67.4 Å². The van der Waals surface area contributed by atoms with Crippen LogP contribution >= 0.6 is 23.2 Å². The number of aromatic nitrogens is 2. The van der Waals surface area contributed by atoms with Gasteiger partial charge in [-0.25, -0.2) is 0 Å². The quantitative estimate of drug-likeness (QED) is 0.919. The second-order valence-corrected chi connectivity index (χ2v) is 5.80. The van der Waals surface area contributed by atoms with E-state index in [-0.39, 0.29) is 11.6 Å². The zero-order valence-electron chi connectivity index (χ0n) is 12.1. The molecule has 1 aromatic carbocycles. The Kier molecular flexibility index (Phi) is 4.95. The van der Waals surface area contributed by atoms with Gasteiger partial charge in [-0.15, -0.1) is 10.2 Å². The molecule has 0 aliphatic carbocycles. The van der Waals surface area contributed by atoms with Crippen molar-refractivity contribution >= 4 is 40.6 Å². The van der Waals surface area contributed by atoms with Crippen LogP contribution in [-0.4, -0.2) is 42.4 Å². The fourth-order valence-corrected chi connectivity index (χ4v) is 2.64. The monoisotopic (exact) mass is 352 g/mol. The Morgan fingerprint density at radius 1 is 1.13 bits per heavy atom. The first-order chi connectivity index (χ1) is 11.1. The molecule has 0 saturated carbocycles. The Balaban J connectivity index is 1.69. The zero-order valence-corrected chi connectivity index (χ0v) is 13.6. The van der Waals surface area contributed by atoms with Crippen molar-refractivity contribution in [2.75, 3.05) is 36.5 Å². The Bertz CT molecular complexity index is 703. The van der Waals surface area contributed by atoms with E-state index < -0.39 is 0 Å². The van der Waals surface area contributed by atoms with Gasteiger partial charge in [0.25, 0.3) is 5.91 Å². The third-order valence-electron chi connectivity index (χ3n) is 3.40. The van der Waals surface area contributed by atoms with Gasteiger partial charge in [0.1, 0.15) is 0 Å². The number of morpholine rings is 1. The van der Waals surface area contributed by atoms with Gasteiger partial charge in [-0.05, 0) is 30.3 Å². The molecule has 1 fully saturated rings. The highest BCUT2D eigenvalue weighted by Gasteiger charge is 2.15. The molecule has 23 heavy (non-hydrogen) atoms. The molecular weight excluding hydrogens is 339 g/mol.